The SMILES string of the molecule is Cc1ccc(NC(=O)[C@@]23CC[C@](C)(C(=O)O2)C3(C)C)cc1. The first kappa shape index (κ1) is 14.1. The fourth-order valence-electron chi connectivity index (χ4n) is 3.62. The average Bonchev–Trinajstić information content (AvgIpc) is 2.72. The van der Waals surface area contributed by atoms with Crippen molar-refractivity contribution in [1.29, 1.82) is 0 Å². The number of benzene rings is 1. The normalized spacial score (nSPS) is 32.9. The summed E-state index contributed by atoms with van der Waals surface area (Å²) in [6.45, 7) is 7.82. The molecule has 0 aromatic heterocycles. The Labute approximate surface area is 124 Å². The van der Waals surface area contributed by atoms with E-state index in [4.69, 9.17) is 4.74 Å². The van der Waals surface area contributed by atoms with Gasteiger partial charge in [0.05, 0.1) is 5.41 Å². The second kappa shape index (κ2) is 4.09. The van der Waals surface area contributed by atoms with E-state index in [0.717, 1.165) is 11.3 Å². The van der Waals surface area contributed by atoms with Crippen LogP contribution in [0.15, 0.2) is 24.3 Å². The summed E-state index contributed by atoms with van der Waals surface area (Å²) in [6, 6.07) is 7.61. The van der Waals surface area contributed by atoms with Crippen LogP contribution in [0.5, 0.6) is 0 Å². The molecule has 4 nitrogen and oxygen atoms in total. The first-order valence-corrected chi connectivity index (χ1v) is 7.34. The maximum Gasteiger partial charge on any atom is 0.313 e. The van der Waals surface area contributed by atoms with Gasteiger partial charge in [-0.05, 0) is 38.8 Å². The van der Waals surface area contributed by atoms with E-state index < -0.39 is 16.4 Å². The van der Waals surface area contributed by atoms with Gasteiger partial charge < -0.3 is 10.1 Å². The lowest BCUT2D eigenvalue weighted by Gasteiger charge is -2.35. The van der Waals surface area contributed by atoms with Gasteiger partial charge in [-0.1, -0.05) is 31.5 Å². The number of anilines is 1. The van der Waals surface area contributed by atoms with Crippen LogP contribution in [0.4, 0.5) is 5.69 Å². The van der Waals surface area contributed by atoms with Gasteiger partial charge in [0.25, 0.3) is 5.91 Å². The summed E-state index contributed by atoms with van der Waals surface area (Å²) in [5.74, 6) is -0.469. The molecule has 0 spiro atoms. The van der Waals surface area contributed by atoms with E-state index in [2.05, 4.69) is 5.32 Å². The van der Waals surface area contributed by atoms with Crippen molar-refractivity contribution in [2.24, 2.45) is 10.8 Å². The molecule has 2 bridgehead atoms. The molecule has 3 rings (SSSR count). The molecule has 1 N–H and O–H groups in total. The molecular formula is C17H21NO3. The summed E-state index contributed by atoms with van der Waals surface area (Å²) < 4.78 is 5.57. The van der Waals surface area contributed by atoms with Gasteiger partial charge in [0.15, 0.2) is 5.60 Å². The number of carbonyl (C=O) groups is 2. The van der Waals surface area contributed by atoms with Gasteiger partial charge in [0.1, 0.15) is 0 Å². The zero-order valence-corrected chi connectivity index (χ0v) is 12.9. The highest BCUT2D eigenvalue weighted by Gasteiger charge is 2.75. The Morgan fingerprint density at radius 2 is 1.76 bits per heavy atom. The van der Waals surface area contributed by atoms with E-state index in [9.17, 15) is 9.59 Å². The minimum absolute atomic E-state index is 0.217. The van der Waals surface area contributed by atoms with E-state index in [0.29, 0.717) is 12.8 Å². The van der Waals surface area contributed by atoms with Crippen LogP contribution in [0.2, 0.25) is 0 Å². The van der Waals surface area contributed by atoms with Crippen molar-refractivity contribution in [2.75, 3.05) is 5.32 Å². The molecular weight excluding hydrogens is 266 g/mol. The van der Waals surface area contributed by atoms with Crippen molar-refractivity contribution < 1.29 is 14.3 Å². The number of nitrogens with one attached hydrogen (secondary N) is 1. The average molecular weight is 287 g/mol. The first-order valence-electron chi connectivity index (χ1n) is 7.34. The summed E-state index contributed by atoms with van der Waals surface area (Å²) in [5.41, 5.74) is -0.271. The quantitative estimate of drug-likeness (QED) is 0.851. The van der Waals surface area contributed by atoms with Crippen LogP contribution in [0.1, 0.15) is 39.2 Å². The van der Waals surface area contributed by atoms with E-state index in [1.165, 1.54) is 0 Å². The Bertz CT molecular complexity index is 619. The Balaban J connectivity index is 1.91. The predicted molar refractivity (Wildman–Crippen MR) is 79.8 cm³/mol. The minimum Gasteiger partial charge on any atom is -0.448 e. The predicted octanol–water partition coefficient (Wildman–Crippen LogP) is 3.06. The molecule has 1 aromatic carbocycles. The van der Waals surface area contributed by atoms with Crippen LogP contribution in [0.25, 0.3) is 0 Å². The van der Waals surface area contributed by atoms with Crippen molar-refractivity contribution in [2.45, 2.75) is 46.1 Å². The van der Waals surface area contributed by atoms with E-state index in [1.54, 1.807) is 0 Å². The highest BCUT2D eigenvalue weighted by Crippen LogP contribution is 2.65. The topological polar surface area (TPSA) is 55.4 Å². The van der Waals surface area contributed by atoms with E-state index >= 15 is 0 Å². The molecule has 0 radical (unpaired) electrons. The standard InChI is InChI=1S/C17H21NO3/c1-11-5-7-12(8-6-11)18-13(19)17-10-9-16(4,14(20)21-17)15(17,2)3/h5-8H,9-10H2,1-4H3,(H,18,19)/t16-,17-/m1/s1. The van der Waals surface area contributed by atoms with Gasteiger partial charge in [0.2, 0.25) is 0 Å². The number of amides is 1. The molecule has 1 aromatic rings. The second-order valence-electron chi connectivity index (χ2n) is 6.99. The summed E-state index contributed by atoms with van der Waals surface area (Å²) >= 11 is 0. The van der Waals surface area contributed by atoms with Crippen LogP contribution in [-0.4, -0.2) is 17.5 Å². The molecule has 1 heterocycles. The first-order chi connectivity index (χ1) is 9.73. The van der Waals surface area contributed by atoms with E-state index in [1.807, 2.05) is 52.0 Å². The highest BCUT2D eigenvalue weighted by molar-refractivity contribution is 6.03. The van der Waals surface area contributed by atoms with Crippen LogP contribution in [-0.2, 0) is 14.3 Å². The molecule has 112 valence electrons. The maximum atomic E-state index is 12.8. The molecule has 1 amide bonds. The van der Waals surface area contributed by atoms with Crippen LogP contribution in [0, 0.1) is 17.8 Å². The Kier molecular flexibility index (Phi) is 2.75. The van der Waals surface area contributed by atoms with Crippen LogP contribution in [0.3, 0.4) is 0 Å². The monoisotopic (exact) mass is 287 g/mol. The molecule has 2 fully saturated rings. The number of esters is 1. The van der Waals surface area contributed by atoms with Crippen molar-refractivity contribution >= 4 is 17.6 Å². The molecule has 0 unspecified atom stereocenters. The second-order valence-corrected chi connectivity index (χ2v) is 6.99. The lowest BCUT2D eigenvalue weighted by Crippen LogP contribution is -2.50. The summed E-state index contributed by atoms with van der Waals surface area (Å²) in [7, 11) is 0. The summed E-state index contributed by atoms with van der Waals surface area (Å²) in [4.78, 5) is 25.0. The number of carbonyl (C=O) groups excluding carboxylic acids is 2. The molecule has 2 aliphatic rings. The fraction of sp³-hybridized carbons (Fsp3) is 0.529. The molecule has 1 saturated carbocycles. The Morgan fingerprint density at radius 3 is 2.24 bits per heavy atom. The molecule has 4 heteroatoms. The number of hydrogen-bond donors (Lipinski definition) is 1. The van der Waals surface area contributed by atoms with Crippen molar-refractivity contribution in [3.05, 3.63) is 29.8 Å². The van der Waals surface area contributed by atoms with E-state index in [-0.39, 0.29) is 11.9 Å². The van der Waals surface area contributed by atoms with Gasteiger partial charge in [0, 0.05) is 11.1 Å². The summed E-state index contributed by atoms with van der Waals surface area (Å²) in [5, 5.41) is 2.91. The number of hydrogen-bond acceptors (Lipinski definition) is 3. The lowest BCUT2D eigenvalue weighted by atomic mass is 9.66. The summed E-state index contributed by atoms with van der Waals surface area (Å²) in [6.07, 6.45) is 1.28. The maximum absolute atomic E-state index is 12.8. The largest absolute Gasteiger partial charge is 0.448 e. The third-order valence-corrected chi connectivity index (χ3v) is 5.76. The van der Waals surface area contributed by atoms with Gasteiger partial charge >= 0.3 is 5.97 Å². The van der Waals surface area contributed by atoms with Gasteiger partial charge in [-0.15, -0.1) is 0 Å². The molecule has 21 heavy (non-hydrogen) atoms. The van der Waals surface area contributed by atoms with Gasteiger partial charge in [-0.3, -0.25) is 9.59 Å². The smallest absolute Gasteiger partial charge is 0.313 e. The molecule has 1 aliphatic carbocycles. The Morgan fingerprint density at radius 1 is 1.14 bits per heavy atom. The van der Waals surface area contributed by atoms with Crippen molar-refractivity contribution in [3.63, 3.8) is 0 Å². The fourth-order valence-corrected chi connectivity index (χ4v) is 3.62. The molecule has 1 saturated heterocycles. The Hall–Kier alpha value is -1.84. The molecule has 2 atom stereocenters. The van der Waals surface area contributed by atoms with Crippen LogP contribution >= 0.6 is 0 Å². The number of aryl methyl sites for hydroxylation is 1. The highest BCUT2D eigenvalue weighted by atomic mass is 16.6. The molecule has 1 aliphatic heterocycles. The third kappa shape index (κ3) is 1.62. The third-order valence-electron chi connectivity index (χ3n) is 5.76. The van der Waals surface area contributed by atoms with Crippen molar-refractivity contribution in [1.82, 2.24) is 0 Å². The number of rotatable bonds is 2. The van der Waals surface area contributed by atoms with Gasteiger partial charge in [-0.2, -0.15) is 0 Å². The minimum atomic E-state index is -1.05. The zero-order valence-electron chi connectivity index (χ0n) is 12.9. The van der Waals surface area contributed by atoms with Gasteiger partial charge in [-0.25, -0.2) is 0 Å². The zero-order chi connectivity index (χ0) is 15.5. The number of ether oxygens (including phenoxy) is 1. The van der Waals surface area contributed by atoms with Crippen LogP contribution < -0.4 is 5.32 Å². The van der Waals surface area contributed by atoms with Crippen molar-refractivity contribution in [3.8, 4) is 0 Å². The lowest BCUT2D eigenvalue weighted by molar-refractivity contribution is -0.165. The number of fused-ring (bicyclic) bond motifs is 2.